The number of benzene rings is 2. The molecule has 0 heterocycles. The van der Waals surface area contributed by atoms with E-state index in [9.17, 15) is 39.6 Å². The average Bonchev–Trinajstić information content (AvgIpc) is 2.55. The van der Waals surface area contributed by atoms with Crippen molar-refractivity contribution < 1.29 is 280 Å². The van der Waals surface area contributed by atoms with Gasteiger partial charge in [0.15, 0.2) is 0 Å². The van der Waals surface area contributed by atoms with Gasteiger partial charge in [-0.2, -0.15) is 0 Å². The van der Waals surface area contributed by atoms with Crippen LogP contribution in [0.5, 0.6) is 0 Å². The number of carboxylic acids is 4. The zero-order chi connectivity index (χ0) is 18.3. The van der Waals surface area contributed by atoms with Gasteiger partial charge in [0.05, 0.1) is 23.9 Å². The molecule has 0 saturated carbocycles. The van der Waals surface area contributed by atoms with E-state index in [2.05, 4.69) is 0 Å². The van der Waals surface area contributed by atoms with Crippen molar-refractivity contribution in [1.82, 2.24) is 0 Å². The molecule has 9 nitrogen and oxygen atoms in total. The summed E-state index contributed by atoms with van der Waals surface area (Å²) in [6, 6.07) is 10.3. The second-order valence-corrected chi connectivity index (χ2v) is 4.24. The van der Waals surface area contributed by atoms with E-state index < -0.39 is 23.9 Å². The van der Waals surface area contributed by atoms with Crippen LogP contribution in [-0.2, 0) is 0 Å². The Balaban J connectivity index is -0.0000000800. The van der Waals surface area contributed by atoms with E-state index in [4.69, 9.17) is 0 Å². The maximum absolute atomic E-state index is 10.3. The molecule has 14 heteroatoms. The molecule has 2 rings (SSSR count). The van der Waals surface area contributed by atoms with Crippen LogP contribution in [0.25, 0.3) is 0 Å². The minimum Gasteiger partial charge on any atom is -0.870 e. The molecule has 0 fully saturated rings. The Morgan fingerprint density at radius 1 is 0.467 bits per heavy atom. The average molecular weight is 525 g/mol. The van der Waals surface area contributed by atoms with E-state index in [1.54, 1.807) is 0 Å². The second kappa shape index (κ2) is 25.9. The zero-order valence-electron chi connectivity index (χ0n) is 17.3. The first-order chi connectivity index (χ1) is 11.3. The monoisotopic (exact) mass is 524 g/mol. The molecular formula is C16H9K4NaO9. The van der Waals surface area contributed by atoms with E-state index in [0.29, 0.717) is 0 Å². The third-order valence-electron chi connectivity index (χ3n) is 2.73. The Labute approximate surface area is 364 Å². The SMILES string of the molecule is O=C([O-])c1ccccc1C(=O)[O-].O=C([O-])c1ccccc1C(=O)[O-].[K+].[K+].[K+].[K+].[Na+].[OH-]. The predicted molar refractivity (Wildman–Crippen MR) is 72.1 cm³/mol. The Kier molecular flexibility index (Phi) is 40.6. The Hall–Kier alpha value is 3.83. The third-order valence-corrected chi connectivity index (χ3v) is 2.73. The summed E-state index contributed by atoms with van der Waals surface area (Å²) in [4.78, 5) is 41.3. The van der Waals surface area contributed by atoms with E-state index in [1.165, 1.54) is 24.3 Å². The summed E-state index contributed by atoms with van der Waals surface area (Å²) in [6.45, 7) is 0. The van der Waals surface area contributed by atoms with Crippen LogP contribution in [0.15, 0.2) is 48.5 Å². The Bertz CT molecular complexity index is 685. The van der Waals surface area contributed by atoms with Gasteiger partial charge in [-0.25, -0.2) is 0 Å². The van der Waals surface area contributed by atoms with Crippen LogP contribution >= 0.6 is 0 Å². The van der Waals surface area contributed by atoms with E-state index in [0.717, 1.165) is 24.3 Å². The van der Waals surface area contributed by atoms with Crippen LogP contribution in [0.4, 0.5) is 0 Å². The van der Waals surface area contributed by atoms with Gasteiger partial charge in [-0.1, -0.05) is 48.5 Å². The Morgan fingerprint density at radius 3 is 0.700 bits per heavy atom. The Morgan fingerprint density at radius 2 is 0.600 bits per heavy atom. The minimum atomic E-state index is -1.52. The number of carboxylic acid groups (broad SMARTS) is 4. The summed E-state index contributed by atoms with van der Waals surface area (Å²) >= 11 is 0. The molecule has 0 spiro atoms. The van der Waals surface area contributed by atoms with Crippen molar-refractivity contribution >= 4 is 23.9 Å². The maximum atomic E-state index is 10.3. The number of carbonyl (C=O) groups is 4. The molecule has 0 atom stereocenters. The van der Waals surface area contributed by atoms with Crippen LogP contribution in [0, 0.1) is 0 Å². The van der Waals surface area contributed by atoms with Gasteiger partial charge < -0.3 is 45.1 Å². The zero-order valence-corrected chi connectivity index (χ0v) is 31.8. The van der Waals surface area contributed by atoms with Crippen LogP contribution in [0.2, 0.25) is 0 Å². The number of hydrogen-bond acceptors (Lipinski definition) is 9. The van der Waals surface area contributed by atoms with Gasteiger partial charge in [-0.15, -0.1) is 0 Å². The maximum Gasteiger partial charge on any atom is 1.00 e. The summed E-state index contributed by atoms with van der Waals surface area (Å²) in [7, 11) is 0. The predicted octanol–water partition coefficient (Wildman–Crippen LogP) is -18.3. The number of rotatable bonds is 4. The van der Waals surface area contributed by atoms with Crippen LogP contribution in [0.3, 0.4) is 0 Å². The van der Waals surface area contributed by atoms with Crippen molar-refractivity contribution in [3.05, 3.63) is 70.8 Å². The molecule has 30 heavy (non-hydrogen) atoms. The molecule has 1 N–H and O–H groups in total. The fourth-order valence-corrected chi connectivity index (χ4v) is 1.68. The summed E-state index contributed by atoms with van der Waals surface area (Å²) < 4.78 is 0. The molecular weight excluding hydrogens is 516 g/mol. The summed E-state index contributed by atoms with van der Waals surface area (Å²) in [5.41, 5.74) is -1.45. The normalized spacial score (nSPS) is 7.47. The molecule has 132 valence electrons. The second-order valence-electron chi connectivity index (χ2n) is 4.24. The summed E-state index contributed by atoms with van der Waals surface area (Å²) in [6.07, 6.45) is 0. The van der Waals surface area contributed by atoms with E-state index in [-0.39, 0.29) is 263 Å². The van der Waals surface area contributed by atoms with E-state index in [1.807, 2.05) is 0 Å². The van der Waals surface area contributed by atoms with Crippen LogP contribution in [-0.4, -0.2) is 29.4 Å². The number of carbonyl (C=O) groups excluding carboxylic acids is 4. The van der Waals surface area contributed by atoms with Crippen molar-refractivity contribution in [2.24, 2.45) is 0 Å². The standard InChI is InChI=1S/2C8H6O4.4K.Na.H2O/c2*9-7(10)5-3-1-2-4-6(5)8(11)12;;;;;;/h2*1-4H,(H,9,10)(H,11,12);;;;;;1H2/q;;5*+1;/p-5. The van der Waals surface area contributed by atoms with Gasteiger partial charge in [0.1, 0.15) is 0 Å². The van der Waals surface area contributed by atoms with Gasteiger partial charge in [0.2, 0.25) is 0 Å². The van der Waals surface area contributed by atoms with Crippen molar-refractivity contribution in [2.75, 3.05) is 0 Å². The summed E-state index contributed by atoms with van der Waals surface area (Å²) in [5, 5.41) is 41.3. The van der Waals surface area contributed by atoms with Gasteiger partial charge in [0.25, 0.3) is 0 Å². The molecule has 0 saturated heterocycles. The van der Waals surface area contributed by atoms with Crippen LogP contribution in [0.1, 0.15) is 41.4 Å². The molecule has 0 aromatic heterocycles. The minimum absolute atomic E-state index is 0. The van der Waals surface area contributed by atoms with Gasteiger partial charge >= 0.3 is 235 Å². The fourth-order valence-electron chi connectivity index (χ4n) is 1.68. The largest absolute Gasteiger partial charge is 1.00 e. The van der Waals surface area contributed by atoms with Crippen LogP contribution < -0.4 is 256 Å². The van der Waals surface area contributed by atoms with Crippen molar-refractivity contribution in [3.63, 3.8) is 0 Å². The van der Waals surface area contributed by atoms with Crippen molar-refractivity contribution in [3.8, 4) is 0 Å². The molecule has 0 aliphatic heterocycles. The fraction of sp³-hybridized carbons (Fsp3) is 0. The smallest absolute Gasteiger partial charge is 0.870 e. The van der Waals surface area contributed by atoms with Gasteiger partial charge in [-0.05, 0) is 0 Å². The van der Waals surface area contributed by atoms with Crippen molar-refractivity contribution in [2.45, 2.75) is 0 Å². The first-order valence-corrected chi connectivity index (χ1v) is 6.29. The molecule has 0 aliphatic rings. The molecule has 0 unspecified atom stereocenters. The molecule has 2 aromatic carbocycles. The molecule has 0 radical (unpaired) electrons. The van der Waals surface area contributed by atoms with Gasteiger partial charge in [0, 0.05) is 22.3 Å². The molecule has 2 aromatic rings. The quantitative estimate of drug-likeness (QED) is 0.349. The molecule has 0 aliphatic carbocycles. The summed E-state index contributed by atoms with van der Waals surface area (Å²) in [5.74, 6) is -6.07. The third kappa shape index (κ3) is 17.3. The first-order valence-electron chi connectivity index (χ1n) is 6.29. The topological polar surface area (TPSA) is 191 Å². The number of aromatic carboxylic acids is 4. The van der Waals surface area contributed by atoms with E-state index >= 15 is 0 Å². The molecule has 0 amide bonds. The van der Waals surface area contributed by atoms with Gasteiger partial charge in [-0.3, -0.25) is 0 Å². The molecule has 0 bridgehead atoms. The first kappa shape index (κ1) is 47.1. The van der Waals surface area contributed by atoms with Crippen molar-refractivity contribution in [1.29, 1.82) is 0 Å². The number of hydrogen-bond donors (Lipinski definition) is 0.